The Labute approximate surface area is 89.1 Å². The number of hydrogen-bond acceptors (Lipinski definition) is 3. The average molecular weight is 211 g/mol. The molecule has 84 valence electrons. The maximum absolute atomic E-state index is 10.9. The minimum Gasteiger partial charge on any atom is -0.481 e. The molecule has 2 atom stereocenters. The van der Waals surface area contributed by atoms with E-state index in [2.05, 4.69) is 17.2 Å². The third-order valence-corrected chi connectivity index (χ3v) is 2.69. The number of carbonyl (C=O) groups is 1. The van der Waals surface area contributed by atoms with Crippen molar-refractivity contribution in [1.29, 1.82) is 0 Å². The molecule has 1 rings (SSSR count). The number of rotatable bonds is 5. The van der Waals surface area contributed by atoms with Crippen molar-refractivity contribution in [2.24, 2.45) is 5.92 Å². The Morgan fingerprint density at radius 3 is 2.80 bits per heavy atom. The molecular weight excluding hydrogens is 194 g/mol. The summed E-state index contributed by atoms with van der Waals surface area (Å²) in [6.07, 6.45) is 2.62. The zero-order valence-corrected chi connectivity index (χ0v) is 9.34. The first kappa shape index (κ1) is 11.7. The summed E-state index contributed by atoms with van der Waals surface area (Å²) in [5.74, 6) is -1.27. The number of carboxylic acids is 1. The lowest BCUT2D eigenvalue weighted by atomic mass is 9.93. The van der Waals surface area contributed by atoms with Gasteiger partial charge >= 0.3 is 5.97 Å². The zero-order chi connectivity index (χ0) is 11.4. The Hall–Kier alpha value is -1.39. The molecule has 5 nitrogen and oxygen atoms in total. The molecule has 0 saturated heterocycles. The number of nitrogens with zero attached hydrogens (tertiary/aromatic N) is 3. The van der Waals surface area contributed by atoms with E-state index in [1.54, 1.807) is 17.8 Å². The summed E-state index contributed by atoms with van der Waals surface area (Å²) < 4.78 is 1.78. The van der Waals surface area contributed by atoms with E-state index >= 15 is 0 Å². The van der Waals surface area contributed by atoms with Crippen LogP contribution >= 0.6 is 0 Å². The first-order chi connectivity index (χ1) is 7.07. The van der Waals surface area contributed by atoms with Gasteiger partial charge in [0.2, 0.25) is 0 Å². The number of aliphatic carboxylic acids is 1. The molecule has 1 heterocycles. The Morgan fingerprint density at radius 1 is 1.60 bits per heavy atom. The molecule has 15 heavy (non-hydrogen) atoms. The van der Waals surface area contributed by atoms with Crippen molar-refractivity contribution < 1.29 is 9.90 Å². The SMILES string of the molecule is CCCn1nncc1C(C)C(C)C(=O)O. The van der Waals surface area contributed by atoms with Crippen LogP contribution in [0.4, 0.5) is 0 Å². The molecule has 0 radical (unpaired) electrons. The largest absolute Gasteiger partial charge is 0.481 e. The Morgan fingerprint density at radius 2 is 2.27 bits per heavy atom. The Balaban J connectivity index is 2.85. The lowest BCUT2D eigenvalue weighted by molar-refractivity contribution is -0.141. The fraction of sp³-hybridized carbons (Fsp3) is 0.700. The molecular formula is C10H17N3O2. The predicted molar refractivity (Wildman–Crippen MR) is 55.5 cm³/mol. The molecule has 0 aromatic carbocycles. The van der Waals surface area contributed by atoms with Gasteiger partial charge in [0.05, 0.1) is 17.8 Å². The van der Waals surface area contributed by atoms with Crippen molar-refractivity contribution in [1.82, 2.24) is 15.0 Å². The molecule has 0 saturated carbocycles. The normalized spacial score (nSPS) is 14.9. The van der Waals surface area contributed by atoms with Gasteiger partial charge in [0.15, 0.2) is 0 Å². The molecule has 0 aliphatic heterocycles. The minimum absolute atomic E-state index is 0.0657. The third kappa shape index (κ3) is 2.55. The maximum atomic E-state index is 10.9. The molecule has 0 aliphatic rings. The van der Waals surface area contributed by atoms with E-state index in [1.165, 1.54) is 0 Å². The van der Waals surface area contributed by atoms with Gasteiger partial charge in [-0.2, -0.15) is 0 Å². The van der Waals surface area contributed by atoms with E-state index < -0.39 is 11.9 Å². The summed E-state index contributed by atoms with van der Waals surface area (Å²) in [4.78, 5) is 10.9. The van der Waals surface area contributed by atoms with Gasteiger partial charge in [0.1, 0.15) is 0 Å². The van der Waals surface area contributed by atoms with Crippen LogP contribution < -0.4 is 0 Å². The van der Waals surface area contributed by atoms with Crippen LogP contribution in [-0.4, -0.2) is 26.1 Å². The fourth-order valence-corrected chi connectivity index (χ4v) is 1.47. The second-order valence-corrected chi connectivity index (χ2v) is 3.80. The minimum atomic E-state index is -0.785. The van der Waals surface area contributed by atoms with Crippen LogP contribution in [0.15, 0.2) is 6.20 Å². The third-order valence-electron chi connectivity index (χ3n) is 2.69. The van der Waals surface area contributed by atoms with Gasteiger partial charge in [-0.3, -0.25) is 4.79 Å². The van der Waals surface area contributed by atoms with Crippen molar-refractivity contribution in [3.63, 3.8) is 0 Å². The summed E-state index contributed by atoms with van der Waals surface area (Å²) in [6, 6.07) is 0. The van der Waals surface area contributed by atoms with Crippen LogP contribution in [0, 0.1) is 5.92 Å². The summed E-state index contributed by atoms with van der Waals surface area (Å²) >= 11 is 0. The highest BCUT2D eigenvalue weighted by Gasteiger charge is 2.23. The summed E-state index contributed by atoms with van der Waals surface area (Å²) in [5.41, 5.74) is 0.895. The lowest BCUT2D eigenvalue weighted by Crippen LogP contribution is -2.19. The molecule has 0 aliphatic carbocycles. The van der Waals surface area contributed by atoms with Gasteiger partial charge in [-0.1, -0.05) is 26.0 Å². The van der Waals surface area contributed by atoms with E-state index in [4.69, 9.17) is 5.11 Å². The highest BCUT2D eigenvalue weighted by Crippen LogP contribution is 2.23. The zero-order valence-electron chi connectivity index (χ0n) is 9.34. The molecule has 0 bridgehead atoms. The Bertz CT molecular complexity index is 335. The van der Waals surface area contributed by atoms with Gasteiger partial charge in [0, 0.05) is 12.5 Å². The summed E-state index contributed by atoms with van der Waals surface area (Å²) in [6.45, 7) is 6.43. The standard InChI is InChI=1S/C10H17N3O2/c1-4-5-13-9(6-11-12-13)7(2)8(3)10(14)15/h6-8H,4-5H2,1-3H3,(H,14,15). The summed E-state index contributed by atoms with van der Waals surface area (Å²) in [5, 5.41) is 16.7. The van der Waals surface area contributed by atoms with Gasteiger partial charge in [0.25, 0.3) is 0 Å². The smallest absolute Gasteiger partial charge is 0.306 e. The van der Waals surface area contributed by atoms with E-state index in [-0.39, 0.29) is 5.92 Å². The molecule has 5 heteroatoms. The van der Waals surface area contributed by atoms with Gasteiger partial charge in [-0.15, -0.1) is 5.10 Å². The van der Waals surface area contributed by atoms with Gasteiger partial charge < -0.3 is 5.11 Å². The first-order valence-electron chi connectivity index (χ1n) is 5.19. The molecule has 0 spiro atoms. The van der Waals surface area contributed by atoms with Gasteiger partial charge in [-0.05, 0) is 6.42 Å². The fourth-order valence-electron chi connectivity index (χ4n) is 1.47. The van der Waals surface area contributed by atoms with Crippen molar-refractivity contribution >= 4 is 5.97 Å². The number of hydrogen-bond donors (Lipinski definition) is 1. The number of aryl methyl sites for hydroxylation is 1. The first-order valence-corrected chi connectivity index (χ1v) is 5.19. The average Bonchev–Trinajstić information content (AvgIpc) is 2.64. The Kier molecular flexibility index (Phi) is 3.82. The van der Waals surface area contributed by atoms with E-state index in [1.807, 2.05) is 6.92 Å². The molecule has 2 unspecified atom stereocenters. The van der Waals surface area contributed by atoms with Crippen molar-refractivity contribution in [3.8, 4) is 0 Å². The molecule has 1 aromatic rings. The summed E-state index contributed by atoms with van der Waals surface area (Å²) in [7, 11) is 0. The van der Waals surface area contributed by atoms with Crippen LogP contribution in [0.25, 0.3) is 0 Å². The second kappa shape index (κ2) is 4.91. The molecule has 0 fully saturated rings. The van der Waals surface area contributed by atoms with Crippen LogP contribution in [0.3, 0.4) is 0 Å². The predicted octanol–water partition coefficient (Wildman–Crippen LogP) is 1.51. The van der Waals surface area contributed by atoms with Crippen molar-refractivity contribution in [2.45, 2.75) is 39.7 Å². The van der Waals surface area contributed by atoms with Crippen LogP contribution in [0.1, 0.15) is 38.8 Å². The number of carboxylic acid groups (broad SMARTS) is 1. The van der Waals surface area contributed by atoms with Crippen LogP contribution in [0.2, 0.25) is 0 Å². The van der Waals surface area contributed by atoms with E-state index in [9.17, 15) is 4.79 Å². The molecule has 1 aromatic heterocycles. The highest BCUT2D eigenvalue weighted by atomic mass is 16.4. The molecule has 1 N–H and O–H groups in total. The second-order valence-electron chi connectivity index (χ2n) is 3.80. The van der Waals surface area contributed by atoms with E-state index in [0.717, 1.165) is 18.7 Å². The lowest BCUT2D eigenvalue weighted by Gasteiger charge is -2.16. The molecule has 0 amide bonds. The van der Waals surface area contributed by atoms with E-state index in [0.29, 0.717) is 0 Å². The van der Waals surface area contributed by atoms with Crippen molar-refractivity contribution in [2.75, 3.05) is 0 Å². The quantitative estimate of drug-likeness (QED) is 0.801. The van der Waals surface area contributed by atoms with Crippen molar-refractivity contribution in [3.05, 3.63) is 11.9 Å². The number of aromatic nitrogens is 3. The highest BCUT2D eigenvalue weighted by molar-refractivity contribution is 5.70. The topological polar surface area (TPSA) is 68.0 Å². The van der Waals surface area contributed by atoms with Crippen LogP contribution in [0.5, 0.6) is 0 Å². The van der Waals surface area contributed by atoms with Crippen LogP contribution in [-0.2, 0) is 11.3 Å². The monoisotopic (exact) mass is 211 g/mol. The van der Waals surface area contributed by atoms with Gasteiger partial charge in [-0.25, -0.2) is 4.68 Å². The maximum Gasteiger partial charge on any atom is 0.306 e.